The van der Waals surface area contributed by atoms with Crippen molar-refractivity contribution >= 4 is 5.65 Å². The molecule has 1 unspecified atom stereocenters. The number of aromatic nitrogens is 2. The van der Waals surface area contributed by atoms with Crippen molar-refractivity contribution in [2.45, 2.75) is 19.3 Å². The molecular formula is C17H17F2N3O2. The Balaban J connectivity index is 1.56. The number of hydrogen-bond donors (Lipinski definition) is 2. The van der Waals surface area contributed by atoms with Crippen LogP contribution in [-0.2, 0) is 6.54 Å². The van der Waals surface area contributed by atoms with E-state index in [0.29, 0.717) is 12.1 Å². The van der Waals surface area contributed by atoms with Crippen LogP contribution in [0.3, 0.4) is 0 Å². The highest BCUT2D eigenvalue weighted by Crippen LogP contribution is 2.20. The molecule has 0 saturated carbocycles. The summed E-state index contributed by atoms with van der Waals surface area (Å²) in [6.07, 6.45) is 2.99. The first-order valence-electron chi connectivity index (χ1n) is 7.48. The number of rotatable bonds is 7. The summed E-state index contributed by atoms with van der Waals surface area (Å²) in [5.41, 5.74) is 2.21. The third-order valence-electron chi connectivity index (χ3n) is 3.53. The third kappa shape index (κ3) is 4.06. The molecule has 0 fully saturated rings. The molecule has 126 valence electrons. The Morgan fingerprint density at radius 1 is 1.21 bits per heavy atom. The summed E-state index contributed by atoms with van der Waals surface area (Å²) in [4.78, 5) is 4.44. The summed E-state index contributed by atoms with van der Waals surface area (Å²) in [5, 5.41) is 13.3. The van der Waals surface area contributed by atoms with E-state index < -0.39 is 12.7 Å². The second-order valence-electron chi connectivity index (χ2n) is 5.30. The van der Waals surface area contributed by atoms with Crippen LogP contribution in [0.15, 0.2) is 54.9 Å². The third-order valence-corrected chi connectivity index (χ3v) is 3.53. The van der Waals surface area contributed by atoms with Crippen molar-refractivity contribution in [2.24, 2.45) is 0 Å². The molecule has 3 rings (SSSR count). The molecule has 0 aliphatic carbocycles. The Bertz CT molecular complexity index is 774. The van der Waals surface area contributed by atoms with Crippen molar-refractivity contribution in [3.8, 4) is 5.75 Å². The fourth-order valence-corrected chi connectivity index (χ4v) is 2.43. The normalized spacial score (nSPS) is 12.7. The van der Waals surface area contributed by atoms with Crippen LogP contribution < -0.4 is 10.1 Å². The lowest BCUT2D eigenvalue weighted by Crippen LogP contribution is -2.21. The molecule has 0 amide bonds. The zero-order valence-electron chi connectivity index (χ0n) is 12.8. The highest BCUT2D eigenvalue weighted by molar-refractivity contribution is 5.39. The second-order valence-corrected chi connectivity index (χ2v) is 5.30. The van der Waals surface area contributed by atoms with Crippen molar-refractivity contribution < 1.29 is 18.6 Å². The highest BCUT2D eigenvalue weighted by atomic mass is 19.3. The molecule has 24 heavy (non-hydrogen) atoms. The number of benzene rings is 1. The van der Waals surface area contributed by atoms with Gasteiger partial charge in [0.2, 0.25) is 0 Å². The fourth-order valence-electron chi connectivity index (χ4n) is 2.43. The molecule has 7 heteroatoms. The van der Waals surface area contributed by atoms with Gasteiger partial charge in [-0.2, -0.15) is 8.78 Å². The summed E-state index contributed by atoms with van der Waals surface area (Å²) in [7, 11) is 0. The molecule has 0 saturated heterocycles. The largest absolute Gasteiger partial charge is 0.435 e. The smallest absolute Gasteiger partial charge is 0.387 e. The first-order valence-corrected chi connectivity index (χ1v) is 7.48. The lowest BCUT2D eigenvalue weighted by atomic mass is 10.1. The molecule has 0 aliphatic heterocycles. The van der Waals surface area contributed by atoms with Crippen LogP contribution in [0.4, 0.5) is 8.78 Å². The zero-order valence-corrected chi connectivity index (χ0v) is 12.8. The number of fused-ring (bicyclic) bond motifs is 1. The van der Waals surface area contributed by atoms with Gasteiger partial charge in [0.15, 0.2) is 0 Å². The van der Waals surface area contributed by atoms with Gasteiger partial charge in [-0.1, -0.05) is 18.2 Å². The predicted octanol–water partition coefficient (Wildman–Crippen LogP) is 2.76. The average Bonchev–Trinajstić information content (AvgIpc) is 2.97. The van der Waals surface area contributed by atoms with Crippen LogP contribution in [-0.4, -0.2) is 27.6 Å². The highest BCUT2D eigenvalue weighted by Gasteiger charge is 2.11. The van der Waals surface area contributed by atoms with Gasteiger partial charge in [-0.15, -0.1) is 0 Å². The minimum Gasteiger partial charge on any atom is -0.435 e. The summed E-state index contributed by atoms with van der Waals surface area (Å²) in [6.45, 7) is -2.12. The van der Waals surface area contributed by atoms with Gasteiger partial charge < -0.3 is 19.6 Å². The standard InChI is InChI=1S/C17H17F2N3O2/c18-17(19)24-14-5-3-4-12(8-14)15(23)10-20-9-13-11-22-7-2-1-6-16(22)21-13/h1-8,11,15,17,20,23H,9-10H2. The molecule has 2 heterocycles. The maximum Gasteiger partial charge on any atom is 0.387 e. The molecule has 0 bridgehead atoms. The Labute approximate surface area is 137 Å². The van der Waals surface area contributed by atoms with E-state index in [9.17, 15) is 13.9 Å². The molecule has 2 N–H and O–H groups in total. The Morgan fingerprint density at radius 2 is 2.08 bits per heavy atom. The maximum absolute atomic E-state index is 12.2. The van der Waals surface area contributed by atoms with E-state index in [2.05, 4.69) is 15.0 Å². The molecule has 1 atom stereocenters. The van der Waals surface area contributed by atoms with E-state index in [-0.39, 0.29) is 12.3 Å². The quantitative estimate of drug-likeness (QED) is 0.698. The number of pyridine rings is 1. The molecule has 2 aromatic heterocycles. The molecule has 0 radical (unpaired) electrons. The number of hydrogen-bond acceptors (Lipinski definition) is 4. The first-order chi connectivity index (χ1) is 11.6. The topological polar surface area (TPSA) is 58.8 Å². The van der Waals surface area contributed by atoms with Gasteiger partial charge >= 0.3 is 6.61 Å². The number of aliphatic hydroxyl groups excluding tert-OH is 1. The van der Waals surface area contributed by atoms with Crippen molar-refractivity contribution in [3.63, 3.8) is 0 Å². The number of halogens is 2. The number of nitrogens with one attached hydrogen (secondary N) is 1. The first kappa shape index (κ1) is 16.4. The van der Waals surface area contributed by atoms with Gasteiger partial charge in [-0.25, -0.2) is 4.98 Å². The summed E-state index contributed by atoms with van der Waals surface area (Å²) < 4.78 is 30.7. The zero-order chi connectivity index (χ0) is 16.9. The van der Waals surface area contributed by atoms with Gasteiger partial charge in [0.1, 0.15) is 11.4 Å². The summed E-state index contributed by atoms with van der Waals surface area (Å²) in [6, 6.07) is 11.8. The van der Waals surface area contributed by atoms with E-state index >= 15 is 0 Å². The van der Waals surface area contributed by atoms with Crippen molar-refractivity contribution in [1.29, 1.82) is 0 Å². The van der Waals surface area contributed by atoms with Crippen LogP contribution in [0, 0.1) is 0 Å². The van der Waals surface area contributed by atoms with Gasteiger partial charge in [-0.05, 0) is 29.8 Å². The second kappa shape index (κ2) is 7.37. The molecule has 5 nitrogen and oxygen atoms in total. The van der Waals surface area contributed by atoms with Gasteiger partial charge in [0, 0.05) is 25.5 Å². The molecule has 0 spiro atoms. The fraction of sp³-hybridized carbons (Fsp3) is 0.235. The van der Waals surface area contributed by atoms with Crippen molar-refractivity contribution in [2.75, 3.05) is 6.54 Å². The van der Waals surface area contributed by atoms with Crippen LogP contribution in [0.5, 0.6) is 5.75 Å². The number of nitrogens with zero attached hydrogens (tertiary/aromatic N) is 2. The van der Waals surface area contributed by atoms with Gasteiger partial charge in [-0.3, -0.25) is 0 Å². The van der Waals surface area contributed by atoms with E-state index in [1.807, 2.05) is 35.0 Å². The molecule has 0 aliphatic rings. The van der Waals surface area contributed by atoms with Crippen molar-refractivity contribution in [3.05, 3.63) is 66.1 Å². The van der Waals surface area contributed by atoms with Gasteiger partial charge in [0.25, 0.3) is 0 Å². The number of imidazole rings is 1. The minimum atomic E-state index is -2.88. The van der Waals surface area contributed by atoms with E-state index in [0.717, 1.165) is 11.3 Å². The predicted molar refractivity (Wildman–Crippen MR) is 84.9 cm³/mol. The lowest BCUT2D eigenvalue weighted by Gasteiger charge is -2.13. The van der Waals surface area contributed by atoms with Crippen molar-refractivity contribution in [1.82, 2.24) is 14.7 Å². The Hall–Kier alpha value is -2.51. The summed E-state index contributed by atoms with van der Waals surface area (Å²) in [5.74, 6) is 0.0295. The van der Waals surface area contributed by atoms with E-state index in [1.165, 1.54) is 12.1 Å². The number of alkyl halides is 2. The Kier molecular flexibility index (Phi) is 5.02. The van der Waals surface area contributed by atoms with Crippen LogP contribution >= 0.6 is 0 Å². The van der Waals surface area contributed by atoms with E-state index in [1.54, 1.807) is 12.1 Å². The molecular weight excluding hydrogens is 316 g/mol. The average molecular weight is 333 g/mol. The molecule has 1 aromatic carbocycles. The lowest BCUT2D eigenvalue weighted by molar-refractivity contribution is -0.0499. The van der Waals surface area contributed by atoms with Crippen LogP contribution in [0.25, 0.3) is 5.65 Å². The maximum atomic E-state index is 12.2. The SMILES string of the molecule is OC(CNCc1cn2ccccc2n1)c1cccc(OC(F)F)c1. The van der Waals surface area contributed by atoms with E-state index in [4.69, 9.17) is 0 Å². The number of aliphatic hydroxyl groups is 1. The van der Waals surface area contributed by atoms with Crippen LogP contribution in [0.2, 0.25) is 0 Å². The summed E-state index contributed by atoms with van der Waals surface area (Å²) >= 11 is 0. The van der Waals surface area contributed by atoms with Crippen LogP contribution in [0.1, 0.15) is 17.4 Å². The monoisotopic (exact) mass is 333 g/mol. The number of ether oxygens (including phenoxy) is 1. The molecule has 3 aromatic rings. The van der Waals surface area contributed by atoms with Gasteiger partial charge in [0.05, 0.1) is 11.8 Å². The Morgan fingerprint density at radius 3 is 2.88 bits per heavy atom. The minimum absolute atomic E-state index is 0.0295.